The lowest BCUT2D eigenvalue weighted by atomic mass is 10.1. The number of hydrogen-bond donors (Lipinski definition) is 1. The number of rotatable bonds is 6. The number of benzene rings is 2. The van der Waals surface area contributed by atoms with Crippen molar-refractivity contribution < 1.29 is 9.90 Å². The van der Waals surface area contributed by atoms with E-state index in [1.54, 1.807) is 6.92 Å². The van der Waals surface area contributed by atoms with Gasteiger partial charge in [0.25, 0.3) is 0 Å². The van der Waals surface area contributed by atoms with Crippen LogP contribution in [0.4, 0.5) is 10.8 Å². The molecule has 24 heavy (non-hydrogen) atoms. The first-order chi connectivity index (χ1) is 11.6. The summed E-state index contributed by atoms with van der Waals surface area (Å²) < 4.78 is 0. The first kappa shape index (κ1) is 16.2. The number of anilines is 2. The molecular weight excluding hydrogens is 320 g/mol. The van der Waals surface area contributed by atoms with Crippen molar-refractivity contribution in [2.45, 2.75) is 19.4 Å². The van der Waals surface area contributed by atoms with E-state index < -0.39 is 11.9 Å². The lowest BCUT2D eigenvalue weighted by Gasteiger charge is -2.22. The number of thiazole rings is 1. The Bertz CT molecular complexity index is 803. The van der Waals surface area contributed by atoms with E-state index in [2.05, 4.69) is 22.0 Å². The lowest BCUT2D eigenvalue weighted by molar-refractivity contribution is -0.138. The Morgan fingerprint density at radius 3 is 2.38 bits per heavy atom. The summed E-state index contributed by atoms with van der Waals surface area (Å²) in [6.07, 6.45) is 0. The largest absolute Gasteiger partial charge is 0.481 e. The lowest BCUT2D eigenvalue weighted by Crippen LogP contribution is -2.16. The minimum Gasteiger partial charge on any atom is -0.481 e. The van der Waals surface area contributed by atoms with Gasteiger partial charge in [-0.1, -0.05) is 48.5 Å². The van der Waals surface area contributed by atoms with Crippen LogP contribution in [0.15, 0.2) is 66.0 Å². The third kappa shape index (κ3) is 3.63. The van der Waals surface area contributed by atoms with Crippen molar-refractivity contribution in [2.24, 2.45) is 0 Å². The van der Waals surface area contributed by atoms with Crippen LogP contribution in [0.25, 0.3) is 0 Å². The third-order valence-corrected chi connectivity index (χ3v) is 4.69. The second-order valence-electron chi connectivity index (χ2n) is 5.52. The summed E-state index contributed by atoms with van der Waals surface area (Å²) in [5, 5.41) is 11.8. The van der Waals surface area contributed by atoms with Crippen LogP contribution < -0.4 is 4.90 Å². The van der Waals surface area contributed by atoms with Gasteiger partial charge in [-0.15, -0.1) is 11.3 Å². The zero-order valence-corrected chi connectivity index (χ0v) is 14.1. The molecule has 1 atom stereocenters. The van der Waals surface area contributed by atoms with Crippen LogP contribution in [-0.2, 0) is 11.3 Å². The number of carboxylic acids is 1. The molecule has 0 amide bonds. The van der Waals surface area contributed by atoms with Gasteiger partial charge < -0.3 is 10.0 Å². The zero-order chi connectivity index (χ0) is 16.9. The van der Waals surface area contributed by atoms with Gasteiger partial charge in [0.1, 0.15) is 0 Å². The van der Waals surface area contributed by atoms with Gasteiger partial charge in [-0.3, -0.25) is 4.79 Å². The molecule has 0 saturated carbocycles. The summed E-state index contributed by atoms with van der Waals surface area (Å²) in [5.41, 5.74) is 2.80. The van der Waals surface area contributed by atoms with Crippen molar-refractivity contribution in [1.82, 2.24) is 4.98 Å². The molecule has 1 N–H and O–H groups in total. The molecule has 5 heteroatoms. The van der Waals surface area contributed by atoms with Crippen molar-refractivity contribution in [2.75, 3.05) is 4.90 Å². The molecule has 0 radical (unpaired) electrons. The Morgan fingerprint density at radius 2 is 1.75 bits per heavy atom. The van der Waals surface area contributed by atoms with E-state index in [0.29, 0.717) is 12.2 Å². The van der Waals surface area contributed by atoms with Crippen molar-refractivity contribution in [3.05, 3.63) is 77.3 Å². The van der Waals surface area contributed by atoms with E-state index in [1.807, 2.05) is 53.9 Å². The van der Waals surface area contributed by atoms with Crippen molar-refractivity contribution in [1.29, 1.82) is 0 Å². The maximum atomic E-state index is 11.2. The molecule has 2 aromatic carbocycles. The van der Waals surface area contributed by atoms with Gasteiger partial charge in [0.2, 0.25) is 0 Å². The summed E-state index contributed by atoms with van der Waals surface area (Å²) in [6, 6.07) is 20.2. The van der Waals surface area contributed by atoms with Gasteiger partial charge in [-0.2, -0.15) is 0 Å². The molecule has 0 aliphatic rings. The van der Waals surface area contributed by atoms with Crippen LogP contribution in [0.2, 0.25) is 0 Å². The first-order valence-electron chi connectivity index (χ1n) is 7.70. The van der Waals surface area contributed by atoms with E-state index in [9.17, 15) is 9.90 Å². The maximum Gasteiger partial charge on any atom is 0.312 e. The van der Waals surface area contributed by atoms with Crippen LogP contribution in [0.3, 0.4) is 0 Å². The highest BCUT2D eigenvalue weighted by Crippen LogP contribution is 2.32. The van der Waals surface area contributed by atoms with Gasteiger partial charge in [0.05, 0.1) is 18.2 Å². The van der Waals surface area contributed by atoms with Gasteiger partial charge in [-0.05, 0) is 24.6 Å². The Morgan fingerprint density at radius 1 is 1.12 bits per heavy atom. The highest BCUT2D eigenvalue weighted by Gasteiger charge is 2.20. The molecule has 0 aliphatic carbocycles. The number of carboxylic acid groups (broad SMARTS) is 1. The Hall–Kier alpha value is -2.66. The van der Waals surface area contributed by atoms with Crippen LogP contribution in [0.5, 0.6) is 0 Å². The smallest absolute Gasteiger partial charge is 0.312 e. The van der Waals surface area contributed by atoms with E-state index in [1.165, 1.54) is 16.9 Å². The maximum absolute atomic E-state index is 11.2. The summed E-state index contributed by atoms with van der Waals surface area (Å²) in [4.78, 5) is 17.9. The third-order valence-electron chi connectivity index (χ3n) is 3.81. The fraction of sp³-hybridized carbons (Fsp3) is 0.158. The molecule has 0 bridgehead atoms. The zero-order valence-electron chi connectivity index (χ0n) is 13.3. The van der Waals surface area contributed by atoms with Crippen LogP contribution >= 0.6 is 11.3 Å². The molecule has 0 aliphatic heterocycles. The van der Waals surface area contributed by atoms with Crippen LogP contribution in [-0.4, -0.2) is 16.1 Å². The summed E-state index contributed by atoms with van der Waals surface area (Å²) in [7, 11) is 0. The van der Waals surface area contributed by atoms with Crippen molar-refractivity contribution >= 4 is 28.1 Å². The topological polar surface area (TPSA) is 53.4 Å². The highest BCUT2D eigenvalue weighted by molar-refractivity contribution is 7.13. The molecule has 3 rings (SSSR count). The van der Waals surface area contributed by atoms with Gasteiger partial charge in [0, 0.05) is 11.1 Å². The monoisotopic (exact) mass is 338 g/mol. The highest BCUT2D eigenvalue weighted by atomic mass is 32.1. The fourth-order valence-corrected chi connectivity index (χ4v) is 3.31. The molecule has 1 heterocycles. The van der Waals surface area contributed by atoms with Crippen molar-refractivity contribution in [3.63, 3.8) is 0 Å². The minimum atomic E-state index is -0.860. The number of aromatic nitrogens is 1. The number of aliphatic carboxylic acids is 1. The quantitative estimate of drug-likeness (QED) is 0.709. The molecule has 0 spiro atoms. The predicted octanol–water partition coefficient (Wildman–Crippen LogP) is 4.67. The average Bonchev–Trinajstić information content (AvgIpc) is 3.10. The summed E-state index contributed by atoms with van der Waals surface area (Å²) in [6.45, 7) is 2.34. The molecular formula is C19H18N2O2S. The minimum absolute atomic E-state index is 0.594. The molecule has 0 fully saturated rings. The Balaban J connectivity index is 1.94. The molecule has 122 valence electrons. The summed E-state index contributed by atoms with van der Waals surface area (Å²) in [5.74, 6) is -1.47. The van der Waals surface area contributed by atoms with Gasteiger partial charge in [0.15, 0.2) is 5.13 Å². The standard InChI is InChI=1S/C19H18N2O2S/c1-14(18(22)23)17-13-24-19(20-17)21(16-10-6-3-7-11-16)12-15-8-4-2-5-9-15/h2-11,13-14H,12H2,1H3,(H,22,23). The van der Waals surface area contributed by atoms with E-state index in [4.69, 9.17) is 0 Å². The number of nitrogens with zero attached hydrogens (tertiary/aromatic N) is 2. The fourth-order valence-electron chi connectivity index (χ4n) is 2.37. The normalized spacial score (nSPS) is 11.9. The summed E-state index contributed by atoms with van der Waals surface area (Å²) >= 11 is 1.47. The second-order valence-corrected chi connectivity index (χ2v) is 6.36. The number of hydrogen-bond acceptors (Lipinski definition) is 4. The molecule has 1 aromatic heterocycles. The average molecular weight is 338 g/mol. The number of para-hydroxylation sites is 1. The molecule has 1 unspecified atom stereocenters. The van der Waals surface area contributed by atoms with E-state index in [0.717, 1.165) is 10.8 Å². The SMILES string of the molecule is CC(C(=O)O)c1csc(N(Cc2ccccc2)c2ccccc2)n1. The molecule has 0 saturated heterocycles. The molecule has 4 nitrogen and oxygen atoms in total. The first-order valence-corrected chi connectivity index (χ1v) is 8.58. The second kappa shape index (κ2) is 7.27. The Kier molecular flexibility index (Phi) is 4.91. The van der Waals surface area contributed by atoms with E-state index in [-0.39, 0.29) is 0 Å². The van der Waals surface area contributed by atoms with Gasteiger partial charge >= 0.3 is 5.97 Å². The predicted molar refractivity (Wildman–Crippen MR) is 96.9 cm³/mol. The van der Waals surface area contributed by atoms with E-state index >= 15 is 0 Å². The number of carbonyl (C=O) groups is 1. The molecule has 3 aromatic rings. The Labute approximate surface area is 145 Å². The van der Waals surface area contributed by atoms with Crippen LogP contribution in [0.1, 0.15) is 24.1 Å². The van der Waals surface area contributed by atoms with Crippen LogP contribution in [0, 0.1) is 0 Å². The van der Waals surface area contributed by atoms with Gasteiger partial charge in [-0.25, -0.2) is 4.98 Å². The van der Waals surface area contributed by atoms with Crippen molar-refractivity contribution in [3.8, 4) is 0 Å².